The average Bonchev–Trinajstić information content (AvgIpc) is 3.97. The maximum absolute atomic E-state index is 12.6. The minimum Gasteiger partial charge on any atom is -0.465 e. The van der Waals surface area contributed by atoms with Gasteiger partial charge in [-0.3, -0.25) is 0 Å². The maximum Gasteiger partial charge on any atom is 0.348 e. The Morgan fingerprint density at radius 2 is 1.48 bits per heavy atom. The van der Waals surface area contributed by atoms with Crippen LogP contribution in [0.4, 0.5) is 0 Å². The summed E-state index contributed by atoms with van der Waals surface area (Å²) in [5.74, 6) is 15.5. The largest absolute Gasteiger partial charge is 0.465 e. The number of rotatable bonds is 3. The van der Waals surface area contributed by atoms with Gasteiger partial charge in [-0.15, -0.1) is 34.3 Å². The molecule has 5 aliphatic rings. The molecule has 1 aromatic rings. The van der Waals surface area contributed by atoms with Crippen LogP contribution in [0, 0.1) is 63.4 Å². The molecule has 0 radical (unpaired) electrons. The van der Waals surface area contributed by atoms with Crippen LogP contribution in [0.15, 0.2) is 11.6 Å². The molecule has 4 aliphatic carbocycles. The van der Waals surface area contributed by atoms with Crippen molar-refractivity contribution in [3.63, 3.8) is 0 Å². The number of methoxy groups -OCH3 is 1. The summed E-state index contributed by atoms with van der Waals surface area (Å²) in [4.78, 5) is 16.8. The van der Waals surface area contributed by atoms with Crippen molar-refractivity contribution < 1.29 is 9.53 Å². The third kappa shape index (κ3) is 13.0. The molecule has 0 atom stereocenters. The monoisotopic (exact) mass is 701 g/mol. The van der Waals surface area contributed by atoms with E-state index in [1.807, 2.05) is 0 Å². The SMILES string of the molecule is CC1(C#C[Si](C)(C)C)CC1.COC(=O)c1sc(C#CC2(C)CC2)cc1C1=C(C2CCC(C)CC2)CN(C)CC1.C[Si](C)(C)C#CC1CC1. The molecule has 262 valence electrons. The number of esters is 1. The molecule has 0 aromatic carbocycles. The normalized spacial score (nSPS) is 24.0. The van der Waals surface area contributed by atoms with E-state index in [9.17, 15) is 4.79 Å². The molecule has 4 saturated carbocycles. The molecular formula is C42H63NO2SSi2. The quantitative estimate of drug-likeness (QED) is 0.179. The lowest BCUT2D eigenvalue weighted by Crippen LogP contribution is -2.31. The van der Waals surface area contributed by atoms with Crippen LogP contribution in [-0.2, 0) is 4.74 Å². The molecule has 6 heteroatoms. The van der Waals surface area contributed by atoms with Crippen molar-refractivity contribution in [2.45, 2.75) is 131 Å². The summed E-state index contributed by atoms with van der Waals surface area (Å²) < 4.78 is 5.15. The van der Waals surface area contributed by atoms with Crippen LogP contribution in [0.5, 0.6) is 0 Å². The first-order valence-electron chi connectivity index (χ1n) is 18.6. The predicted molar refractivity (Wildman–Crippen MR) is 212 cm³/mol. The Morgan fingerprint density at radius 3 is 2.00 bits per heavy atom. The number of ether oxygens (including phenoxy) is 1. The summed E-state index contributed by atoms with van der Waals surface area (Å²) in [6.45, 7) is 22.7. The van der Waals surface area contributed by atoms with E-state index in [1.54, 1.807) is 5.57 Å². The molecule has 6 rings (SSSR count). The van der Waals surface area contributed by atoms with Crippen LogP contribution < -0.4 is 0 Å². The van der Waals surface area contributed by atoms with Gasteiger partial charge in [-0.25, -0.2) is 4.79 Å². The van der Waals surface area contributed by atoms with E-state index in [1.165, 1.54) is 88.2 Å². The van der Waals surface area contributed by atoms with Gasteiger partial charge in [0, 0.05) is 35.4 Å². The second kappa shape index (κ2) is 15.9. The summed E-state index contributed by atoms with van der Waals surface area (Å²) in [5.41, 5.74) is 11.4. The summed E-state index contributed by atoms with van der Waals surface area (Å²) in [6.07, 6.45) is 13.9. The van der Waals surface area contributed by atoms with Crippen LogP contribution in [0.3, 0.4) is 0 Å². The highest BCUT2D eigenvalue weighted by atomic mass is 32.1. The first kappa shape index (κ1) is 38.8. The number of nitrogens with zero attached hydrogens (tertiary/aromatic N) is 1. The molecule has 1 aromatic heterocycles. The Kier molecular flexibility index (Phi) is 12.8. The highest BCUT2D eigenvalue weighted by Gasteiger charge is 2.36. The van der Waals surface area contributed by atoms with Crippen molar-refractivity contribution in [3.8, 4) is 34.8 Å². The minimum atomic E-state index is -1.09. The molecule has 1 aliphatic heterocycles. The summed E-state index contributed by atoms with van der Waals surface area (Å²) in [5, 5.41) is 0. The van der Waals surface area contributed by atoms with E-state index in [2.05, 4.69) is 113 Å². The number of carbonyl (C=O) groups excluding carboxylic acids is 1. The van der Waals surface area contributed by atoms with Crippen molar-refractivity contribution in [2.75, 3.05) is 27.2 Å². The number of hydrogen-bond acceptors (Lipinski definition) is 4. The third-order valence-corrected chi connectivity index (χ3v) is 12.8. The van der Waals surface area contributed by atoms with E-state index >= 15 is 0 Å². The Morgan fingerprint density at radius 1 is 0.896 bits per heavy atom. The van der Waals surface area contributed by atoms with Gasteiger partial charge in [-0.05, 0) is 108 Å². The number of carbonyl (C=O) groups is 1. The molecule has 0 unspecified atom stereocenters. The Balaban J connectivity index is 0.000000222. The summed E-state index contributed by atoms with van der Waals surface area (Å²) >= 11 is 1.51. The van der Waals surface area contributed by atoms with Crippen molar-refractivity contribution in [3.05, 3.63) is 27.0 Å². The Bertz CT molecular complexity index is 1510. The van der Waals surface area contributed by atoms with Gasteiger partial charge in [0.1, 0.15) is 21.0 Å². The van der Waals surface area contributed by atoms with Crippen molar-refractivity contribution in [1.82, 2.24) is 4.90 Å². The van der Waals surface area contributed by atoms with Crippen LogP contribution in [-0.4, -0.2) is 54.3 Å². The van der Waals surface area contributed by atoms with Crippen molar-refractivity contribution >= 4 is 39.0 Å². The molecule has 0 amide bonds. The topological polar surface area (TPSA) is 29.5 Å². The van der Waals surface area contributed by atoms with Gasteiger partial charge in [-0.2, -0.15) is 0 Å². The number of thiophene rings is 1. The zero-order valence-electron chi connectivity index (χ0n) is 32.2. The highest BCUT2D eigenvalue weighted by molar-refractivity contribution is 7.14. The van der Waals surface area contributed by atoms with Gasteiger partial charge in [0.15, 0.2) is 0 Å². The standard InChI is InChI=1S/C25H33NO2S.C9H16Si.C8H14Si/c1-17-5-7-18(8-6-17)22-16-26(3)14-10-20(22)21-15-19(9-11-25(2)12-13-25)29-23(21)24(27)28-4;1-9(5-6-9)7-8-10(2,3)4;1-9(2,3)7-6-8-4-5-8/h15,17-18H,5-8,10,12-14,16H2,1-4H3;5-6H2,1-4H3;8H,4-5H2,1-3H3. The van der Waals surface area contributed by atoms with Gasteiger partial charge >= 0.3 is 5.97 Å². The molecule has 0 spiro atoms. The van der Waals surface area contributed by atoms with E-state index in [4.69, 9.17) is 4.74 Å². The fourth-order valence-corrected chi connectivity index (χ4v) is 8.13. The lowest BCUT2D eigenvalue weighted by molar-refractivity contribution is 0.0606. The Hall–Kier alpha value is -2.02. The number of hydrogen-bond donors (Lipinski definition) is 0. The van der Waals surface area contributed by atoms with E-state index in [-0.39, 0.29) is 11.4 Å². The molecular weight excluding hydrogens is 639 g/mol. The molecule has 3 nitrogen and oxygen atoms in total. The zero-order valence-corrected chi connectivity index (χ0v) is 35.0. The van der Waals surface area contributed by atoms with Gasteiger partial charge in [0.25, 0.3) is 0 Å². The Labute approximate surface area is 300 Å². The zero-order chi connectivity index (χ0) is 35.3. The van der Waals surface area contributed by atoms with E-state index < -0.39 is 16.1 Å². The second-order valence-corrected chi connectivity index (χ2v) is 28.5. The van der Waals surface area contributed by atoms with Crippen molar-refractivity contribution in [1.29, 1.82) is 0 Å². The first-order chi connectivity index (χ1) is 22.4. The summed E-state index contributed by atoms with van der Waals surface area (Å²) in [6, 6.07) is 2.17. The van der Waals surface area contributed by atoms with Gasteiger partial charge in [0.2, 0.25) is 0 Å². The molecule has 0 bridgehead atoms. The van der Waals surface area contributed by atoms with Crippen LogP contribution in [0.25, 0.3) is 5.57 Å². The minimum absolute atomic E-state index is 0.187. The second-order valence-electron chi connectivity index (χ2n) is 18.0. The molecule has 2 heterocycles. The molecule has 0 saturated heterocycles. The van der Waals surface area contributed by atoms with Gasteiger partial charge in [-0.1, -0.05) is 70.9 Å². The summed E-state index contributed by atoms with van der Waals surface area (Å²) in [7, 11) is 1.56. The average molecular weight is 702 g/mol. The lowest BCUT2D eigenvalue weighted by atomic mass is 9.75. The van der Waals surface area contributed by atoms with Crippen LogP contribution >= 0.6 is 11.3 Å². The van der Waals surface area contributed by atoms with Crippen LogP contribution in [0.2, 0.25) is 39.3 Å². The fraction of sp³-hybridized carbons (Fsp3) is 0.690. The smallest absolute Gasteiger partial charge is 0.348 e. The predicted octanol–water partition coefficient (Wildman–Crippen LogP) is 10.5. The highest BCUT2D eigenvalue weighted by Crippen LogP contribution is 2.45. The van der Waals surface area contributed by atoms with Gasteiger partial charge in [0.05, 0.1) is 12.0 Å². The molecule has 4 fully saturated rings. The maximum atomic E-state index is 12.6. The van der Waals surface area contributed by atoms with Gasteiger partial charge < -0.3 is 9.64 Å². The van der Waals surface area contributed by atoms with Crippen LogP contribution in [0.1, 0.15) is 112 Å². The molecule has 0 N–H and O–H groups in total. The van der Waals surface area contributed by atoms with Crippen molar-refractivity contribution in [2.24, 2.45) is 28.6 Å². The lowest BCUT2D eigenvalue weighted by Gasteiger charge is -2.35. The fourth-order valence-electron chi connectivity index (χ4n) is 5.86. The van der Waals surface area contributed by atoms with E-state index in [0.717, 1.165) is 46.7 Å². The first-order valence-corrected chi connectivity index (χ1v) is 26.4. The number of likely N-dealkylation sites (N-methyl/N-ethyl adjacent to an activating group) is 1. The molecule has 48 heavy (non-hydrogen) atoms. The van der Waals surface area contributed by atoms with E-state index in [0.29, 0.717) is 11.3 Å². The third-order valence-electron chi connectivity index (χ3n) is 9.96.